The van der Waals surface area contributed by atoms with Gasteiger partial charge < -0.3 is 0 Å². The van der Waals surface area contributed by atoms with Crippen LogP contribution in [-0.4, -0.2) is 26.7 Å². The Balaban J connectivity index is 1.77. The van der Waals surface area contributed by atoms with Crippen LogP contribution in [0.2, 0.25) is 0 Å². The van der Waals surface area contributed by atoms with Crippen molar-refractivity contribution >= 4 is 42.8 Å². The van der Waals surface area contributed by atoms with Crippen LogP contribution in [0.3, 0.4) is 0 Å². The van der Waals surface area contributed by atoms with Crippen LogP contribution in [0.25, 0.3) is 11.1 Å². The molecule has 0 fully saturated rings. The fourth-order valence-corrected chi connectivity index (χ4v) is 6.19. The van der Waals surface area contributed by atoms with Crippen molar-refractivity contribution in [2.45, 2.75) is 9.79 Å². The number of anilines is 2. The van der Waals surface area contributed by atoms with Gasteiger partial charge in [-0.2, -0.15) is 0 Å². The first-order valence-corrected chi connectivity index (χ1v) is 13.7. The third-order valence-corrected chi connectivity index (χ3v) is 8.16. The second-order valence-corrected chi connectivity index (χ2v) is 11.1. The number of hydrogen-bond donors (Lipinski definition) is 2. The molecule has 0 saturated heterocycles. The lowest BCUT2D eigenvalue weighted by Crippen LogP contribution is -2.16. The molecule has 0 aliphatic rings. The van der Waals surface area contributed by atoms with Gasteiger partial charge in [0.05, 0.1) is 21.2 Å². The summed E-state index contributed by atoms with van der Waals surface area (Å²) < 4.78 is 57.2. The van der Waals surface area contributed by atoms with Gasteiger partial charge in [-0.05, 0) is 24.3 Å². The highest BCUT2D eigenvalue weighted by Crippen LogP contribution is 2.37. The van der Waals surface area contributed by atoms with Crippen LogP contribution in [0.5, 0.6) is 0 Å². The molecule has 0 aliphatic heterocycles. The van der Waals surface area contributed by atoms with Crippen molar-refractivity contribution in [1.82, 2.24) is 0 Å². The minimum atomic E-state index is -4.43. The van der Waals surface area contributed by atoms with Crippen LogP contribution in [0.1, 0.15) is 0 Å². The lowest BCUT2D eigenvalue weighted by molar-refractivity contribution is -0.388. The van der Waals surface area contributed by atoms with E-state index >= 15 is 0 Å². The summed E-state index contributed by atoms with van der Waals surface area (Å²) in [6, 6.07) is 21.8. The first-order chi connectivity index (χ1) is 18.0. The highest BCUT2D eigenvalue weighted by atomic mass is 32.2. The maximum Gasteiger partial charge on any atom is 0.289 e. The largest absolute Gasteiger partial charge is 0.289 e. The summed E-state index contributed by atoms with van der Waals surface area (Å²) in [5.74, 6) is 0. The summed E-state index contributed by atoms with van der Waals surface area (Å²) in [6.07, 6.45) is 0. The highest BCUT2D eigenvalue weighted by molar-refractivity contribution is 7.93. The Morgan fingerprint density at radius 2 is 0.816 bits per heavy atom. The van der Waals surface area contributed by atoms with E-state index in [1.807, 2.05) is 0 Å². The molecule has 2 N–H and O–H groups in total. The molecule has 4 aromatic rings. The van der Waals surface area contributed by atoms with Gasteiger partial charge in [-0.15, -0.1) is 0 Å². The minimum Gasteiger partial charge on any atom is -0.279 e. The summed E-state index contributed by atoms with van der Waals surface area (Å²) in [4.78, 5) is 20.0. The number of hydrogen-bond acceptors (Lipinski definition) is 8. The molecule has 0 saturated carbocycles. The van der Waals surface area contributed by atoms with E-state index in [2.05, 4.69) is 9.44 Å². The van der Waals surface area contributed by atoms with Crippen LogP contribution >= 0.6 is 0 Å². The molecule has 12 nitrogen and oxygen atoms in total. The molecule has 0 aromatic heterocycles. The van der Waals surface area contributed by atoms with Gasteiger partial charge in [0.2, 0.25) is 0 Å². The van der Waals surface area contributed by atoms with Crippen LogP contribution in [-0.2, 0) is 20.0 Å². The number of nitro benzene ring substituents is 2. The van der Waals surface area contributed by atoms with Gasteiger partial charge in [-0.25, -0.2) is 16.8 Å². The molecule has 4 rings (SSSR count). The molecule has 38 heavy (non-hydrogen) atoms. The standard InChI is InChI=1S/C24H18N4O8S2/c29-27(30)21-13-5-7-15-23(21)37(33,34)25-19-11-3-1-9-17(19)18-10-2-4-12-20(18)26-38(35,36)24-16-8-6-14-22(24)28(31)32/h1-16,25-26H. The first kappa shape index (κ1) is 26.2. The number of rotatable bonds is 9. The van der Waals surface area contributed by atoms with Crippen molar-refractivity contribution < 1.29 is 26.7 Å². The normalized spacial score (nSPS) is 11.5. The highest BCUT2D eigenvalue weighted by Gasteiger charge is 2.28. The van der Waals surface area contributed by atoms with Crippen molar-refractivity contribution in [2.24, 2.45) is 0 Å². The monoisotopic (exact) mass is 554 g/mol. The second-order valence-electron chi connectivity index (χ2n) is 7.75. The molecule has 0 bridgehead atoms. The van der Waals surface area contributed by atoms with Crippen molar-refractivity contribution in [3.63, 3.8) is 0 Å². The van der Waals surface area contributed by atoms with E-state index in [9.17, 15) is 37.1 Å². The Hall–Kier alpha value is -4.82. The summed E-state index contributed by atoms with van der Waals surface area (Å²) in [7, 11) is -8.86. The number of nitrogens with one attached hydrogen (secondary N) is 2. The van der Waals surface area contributed by atoms with Crippen molar-refractivity contribution in [2.75, 3.05) is 9.44 Å². The molecule has 0 unspecified atom stereocenters. The zero-order chi connectivity index (χ0) is 27.5. The van der Waals surface area contributed by atoms with E-state index in [1.54, 1.807) is 12.1 Å². The number of nitrogens with zero attached hydrogens (tertiary/aromatic N) is 2. The van der Waals surface area contributed by atoms with E-state index in [0.717, 1.165) is 24.3 Å². The summed E-state index contributed by atoms with van der Waals surface area (Å²) in [5.41, 5.74) is -0.706. The molecule has 0 aliphatic carbocycles. The van der Waals surface area contributed by atoms with E-state index in [-0.39, 0.29) is 22.5 Å². The summed E-state index contributed by atoms with van der Waals surface area (Å²) >= 11 is 0. The molecule has 0 radical (unpaired) electrons. The van der Waals surface area contributed by atoms with Crippen LogP contribution in [0, 0.1) is 20.2 Å². The fourth-order valence-electron chi connectivity index (χ4n) is 3.68. The smallest absolute Gasteiger partial charge is 0.279 e. The third-order valence-electron chi connectivity index (χ3n) is 5.34. The third kappa shape index (κ3) is 5.30. The predicted molar refractivity (Wildman–Crippen MR) is 140 cm³/mol. The van der Waals surface area contributed by atoms with Crippen molar-refractivity contribution in [1.29, 1.82) is 0 Å². The topological polar surface area (TPSA) is 179 Å². The average Bonchev–Trinajstić information content (AvgIpc) is 2.89. The Labute approximate surface area is 217 Å². The van der Waals surface area contributed by atoms with Gasteiger partial charge in [0.15, 0.2) is 9.79 Å². The van der Waals surface area contributed by atoms with Crippen molar-refractivity contribution in [3.8, 4) is 11.1 Å². The molecule has 194 valence electrons. The molecule has 14 heteroatoms. The van der Waals surface area contributed by atoms with Gasteiger partial charge in [0.25, 0.3) is 31.4 Å². The summed E-state index contributed by atoms with van der Waals surface area (Å²) in [6.45, 7) is 0. The quantitative estimate of drug-likeness (QED) is 0.219. The van der Waals surface area contributed by atoms with Gasteiger partial charge in [-0.3, -0.25) is 29.7 Å². The van der Waals surface area contributed by atoms with Gasteiger partial charge >= 0.3 is 0 Å². The first-order valence-electron chi connectivity index (χ1n) is 10.7. The number of benzene rings is 4. The maximum atomic E-state index is 13.1. The molecule has 0 atom stereocenters. The van der Waals surface area contributed by atoms with E-state index in [0.29, 0.717) is 0 Å². The minimum absolute atomic E-state index is 0.0167. The van der Waals surface area contributed by atoms with Crippen LogP contribution < -0.4 is 9.44 Å². The van der Waals surface area contributed by atoms with Crippen molar-refractivity contribution in [3.05, 3.63) is 117 Å². The van der Waals surface area contributed by atoms with Gasteiger partial charge in [-0.1, -0.05) is 60.7 Å². The van der Waals surface area contributed by atoms with E-state index in [4.69, 9.17) is 0 Å². The number of para-hydroxylation sites is 4. The average molecular weight is 555 g/mol. The lowest BCUT2D eigenvalue weighted by Gasteiger charge is -2.17. The Morgan fingerprint density at radius 1 is 0.500 bits per heavy atom. The molecule has 4 aromatic carbocycles. The summed E-state index contributed by atoms with van der Waals surface area (Å²) in [5, 5.41) is 22.8. The Morgan fingerprint density at radius 3 is 1.18 bits per heavy atom. The van der Waals surface area contributed by atoms with Gasteiger partial charge in [0, 0.05) is 23.3 Å². The maximum absolute atomic E-state index is 13.1. The molecule has 0 amide bonds. The fraction of sp³-hybridized carbons (Fsp3) is 0. The lowest BCUT2D eigenvalue weighted by atomic mass is 10.0. The molecular weight excluding hydrogens is 536 g/mol. The van der Waals surface area contributed by atoms with Crippen LogP contribution in [0.15, 0.2) is 107 Å². The van der Waals surface area contributed by atoms with E-state index in [1.165, 1.54) is 60.7 Å². The predicted octanol–water partition coefficient (Wildman–Crippen LogP) is 4.77. The van der Waals surface area contributed by atoms with Gasteiger partial charge in [0.1, 0.15) is 0 Å². The Bertz CT molecular complexity index is 1640. The Kier molecular flexibility index (Phi) is 7.10. The number of nitro groups is 2. The molecule has 0 heterocycles. The molecule has 0 spiro atoms. The van der Waals surface area contributed by atoms with Crippen LogP contribution in [0.4, 0.5) is 22.7 Å². The molecular formula is C24H18N4O8S2. The SMILES string of the molecule is O=[N+]([O-])c1ccccc1S(=O)(=O)Nc1ccccc1-c1ccccc1NS(=O)(=O)c1ccccc1[N+](=O)[O-]. The number of sulfonamides is 2. The second kappa shape index (κ2) is 10.3. The van der Waals surface area contributed by atoms with E-state index < -0.39 is 51.1 Å². The zero-order valence-corrected chi connectivity index (χ0v) is 20.8. The zero-order valence-electron chi connectivity index (χ0n) is 19.2.